The summed E-state index contributed by atoms with van der Waals surface area (Å²) >= 11 is 0. The summed E-state index contributed by atoms with van der Waals surface area (Å²) < 4.78 is 5.82. The fourth-order valence-electron chi connectivity index (χ4n) is 3.24. The van der Waals surface area contributed by atoms with Gasteiger partial charge >= 0.3 is 0 Å². The zero-order chi connectivity index (χ0) is 7.42. The molecule has 0 aromatic heterocycles. The molecule has 0 amide bonds. The van der Waals surface area contributed by atoms with Crippen LogP contribution in [0.5, 0.6) is 0 Å². The van der Waals surface area contributed by atoms with Crippen LogP contribution in [0.4, 0.5) is 0 Å². The lowest BCUT2D eigenvalue weighted by Gasteiger charge is -2.52. The molecule has 2 saturated heterocycles. The molecule has 2 N–H and O–H groups in total. The van der Waals surface area contributed by atoms with Crippen LogP contribution in [0, 0.1) is 11.8 Å². The number of hydrogen-bond donors (Lipinski definition) is 1. The summed E-state index contributed by atoms with van der Waals surface area (Å²) in [5, 5.41) is 0. The van der Waals surface area contributed by atoms with Gasteiger partial charge in [-0.15, -0.1) is 12.4 Å². The number of nitrogens with two attached hydrogens (primary N) is 1. The van der Waals surface area contributed by atoms with Crippen molar-refractivity contribution in [3.8, 4) is 0 Å². The minimum Gasteiger partial charge on any atom is -0.375 e. The Kier molecular flexibility index (Phi) is 2.10. The van der Waals surface area contributed by atoms with E-state index in [1.807, 2.05) is 0 Å². The molecule has 2 nitrogen and oxygen atoms in total. The van der Waals surface area contributed by atoms with E-state index in [9.17, 15) is 0 Å². The fraction of sp³-hybridized carbons (Fsp3) is 1.00. The van der Waals surface area contributed by atoms with E-state index >= 15 is 0 Å². The summed E-state index contributed by atoms with van der Waals surface area (Å²) in [7, 11) is 0. The number of halogens is 1. The normalized spacial score (nSPS) is 55.2. The summed E-state index contributed by atoms with van der Waals surface area (Å²) in [6, 6.07) is 0.506. The number of ether oxygens (including phenoxy) is 1. The molecule has 0 unspecified atom stereocenters. The molecule has 4 rings (SSSR count). The van der Waals surface area contributed by atoms with E-state index in [0.717, 1.165) is 11.8 Å². The predicted molar refractivity (Wildman–Crippen MR) is 49.3 cm³/mol. The second kappa shape index (κ2) is 2.86. The lowest BCUT2D eigenvalue weighted by atomic mass is 9.64. The Morgan fingerprint density at radius 2 is 1.33 bits per heavy atom. The summed E-state index contributed by atoms with van der Waals surface area (Å²) in [5.74, 6) is 1.59. The summed E-state index contributed by atoms with van der Waals surface area (Å²) in [4.78, 5) is 0. The van der Waals surface area contributed by atoms with Crippen LogP contribution in [-0.2, 0) is 4.74 Å². The van der Waals surface area contributed by atoms with Crippen LogP contribution in [0.2, 0.25) is 0 Å². The van der Waals surface area contributed by atoms with Gasteiger partial charge in [-0.3, -0.25) is 0 Å². The molecule has 12 heavy (non-hydrogen) atoms. The zero-order valence-electron chi connectivity index (χ0n) is 7.11. The van der Waals surface area contributed by atoms with Crippen molar-refractivity contribution in [3.63, 3.8) is 0 Å². The van der Waals surface area contributed by atoms with Crippen LogP contribution in [0.15, 0.2) is 0 Å². The highest BCUT2D eigenvalue weighted by Gasteiger charge is 2.47. The van der Waals surface area contributed by atoms with Crippen molar-refractivity contribution in [1.29, 1.82) is 0 Å². The highest BCUT2D eigenvalue weighted by atomic mass is 35.5. The van der Waals surface area contributed by atoms with Gasteiger partial charge in [0.1, 0.15) is 0 Å². The van der Waals surface area contributed by atoms with Crippen molar-refractivity contribution >= 4 is 12.4 Å². The van der Waals surface area contributed by atoms with Gasteiger partial charge in [0.2, 0.25) is 0 Å². The lowest BCUT2D eigenvalue weighted by Crippen LogP contribution is -2.56. The first-order chi connectivity index (χ1) is 5.33. The van der Waals surface area contributed by atoms with Gasteiger partial charge in [0.15, 0.2) is 0 Å². The Bertz CT molecular complexity index is 157. The van der Waals surface area contributed by atoms with Gasteiger partial charge in [-0.05, 0) is 37.5 Å². The standard InChI is InChI=1S/C9H15NO.ClH/c10-9-5-1-7-3-6(9)4-8(2-5)11-7;/h5-9H,1-4,10H2;1H. The van der Waals surface area contributed by atoms with Crippen molar-refractivity contribution in [1.82, 2.24) is 0 Å². The second-order valence-corrected chi connectivity index (χ2v) is 4.42. The monoisotopic (exact) mass is 189 g/mol. The van der Waals surface area contributed by atoms with E-state index in [4.69, 9.17) is 10.5 Å². The molecule has 70 valence electrons. The molecule has 4 fully saturated rings. The van der Waals surface area contributed by atoms with E-state index in [1.165, 1.54) is 25.7 Å². The maximum Gasteiger partial charge on any atom is 0.0585 e. The predicted octanol–water partition coefficient (Wildman–Crippen LogP) is 1.32. The molecular formula is C9H16ClNO. The Labute approximate surface area is 79.2 Å². The Morgan fingerprint density at radius 3 is 1.75 bits per heavy atom. The van der Waals surface area contributed by atoms with E-state index in [0.29, 0.717) is 18.2 Å². The van der Waals surface area contributed by atoms with Crippen LogP contribution in [0.3, 0.4) is 0 Å². The van der Waals surface area contributed by atoms with Gasteiger partial charge in [0.25, 0.3) is 0 Å². The van der Waals surface area contributed by atoms with Crippen LogP contribution < -0.4 is 5.73 Å². The van der Waals surface area contributed by atoms with Gasteiger partial charge in [-0.2, -0.15) is 0 Å². The number of hydrogen-bond acceptors (Lipinski definition) is 2. The van der Waals surface area contributed by atoms with E-state index in [-0.39, 0.29) is 12.4 Å². The maximum absolute atomic E-state index is 6.11. The Morgan fingerprint density at radius 1 is 0.917 bits per heavy atom. The quantitative estimate of drug-likeness (QED) is 0.624. The highest BCUT2D eigenvalue weighted by Crippen LogP contribution is 2.46. The molecule has 0 atom stereocenters. The maximum atomic E-state index is 6.11. The third-order valence-corrected chi connectivity index (χ3v) is 3.74. The molecule has 2 heterocycles. The summed E-state index contributed by atoms with van der Waals surface area (Å²) in [5.41, 5.74) is 6.11. The molecule has 4 bridgehead atoms. The van der Waals surface area contributed by atoms with Crippen molar-refractivity contribution in [2.45, 2.75) is 43.9 Å². The fourth-order valence-corrected chi connectivity index (χ4v) is 3.24. The second-order valence-electron chi connectivity index (χ2n) is 4.42. The van der Waals surface area contributed by atoms with Gasteiger partial charge in [-0.25, -0.2) is 0 Å². The number of rotatable bonds is 0. The van der Waals surface area contributed by atoms with Crippen molar-refractivity contribution < 1.29 is 4.74 Å². The van der Waals surface area contributed by atoms with E-state index in [2.05, 4.69) is 0 Å². The van der Waals surface area contributed by atoms with Gasteiger partial charge < -0.3 is 10.5 Å². The van der Waals surface area contributed by atoms with Gasteiger partial charge in [0.05, 0.1) is 12.2 Å². The SMILES string of the molecule is Cl.NC1C2CC3CC1CC(C2)O3. The third kappa shape index (κ3) is 1.09. The first-order valence-corrected chi connectivity index (χ1v) is 4.74. The first-order valence-electron chi connectivity index (χ1n) is 4.74. The zero-order valence-corrected chi connectivity index (χ0v) is 7.93. The van der Waals surface area contributed by atoms with Crippen LogP contribution in [0.25, 0.3) is 0 Å². The minimum absolute atomic E-state index is 0. The third-order valence-electron chi connectivity index (χ3n) is 3.74. The molecule has 0 aromatic carbocycles. The molecule has 3 heteroatoms. The molecule has 0 aromatic rings. The van der Waals surface area contributed by atoms with Crippen LogP contribution in [0.1, 0.15) is 25.7 Å². The van der Waals surface area contributed by atoms with Gasteiger partial charge in [0, 0.05) is 6.04 Å². The van der Waals surface area contributed by atoms with E-state index in [1.54, 1.807) is 0 Å². The first kappa shape index (κ1) is 8.79. The molecular weight excluding hydrogens is 174 g/mol. The van der Waals surface area contributed by atoms with Gasteiger partial charge in [-0.1, -0.05) is 0 Å². The lowest BCUT2D eigenvalue weighted by molar-refractivity contribution is -0.162. The van der Waals surface area contributed by atoms with Crippen molar-refractivity contribution in [2.24, 2.45) is 17.6 Å². The summed E-state index contributed by atoms with van der Waals surface area (Å²) in [6.45, 7) is 0. The molecule has 0 spiro atoms. The molecule has 2 aliphatic carbocycles. The average molecular weight is 190 g/mol. The minimum atomic E-state index is 0. The Balaban J connectivity index is 0.000000563. The van der Waals surface area contributed by atoms with E-state index < -0.39 is 0 Å². The van der Waals surface area contributed by atoms with Crippen molar-refractivity contribution in [2.75, 3.05) is 0 Å². The van der Waals surface area contributed by atoms with Crippen LogP contribution in [-0.4, -0.2) is 18.2 Å². The highest BCUT2D eigenvalue weighted by molar-refractivity contribution is 5.85. The average Bonchev–Trinajstić information content (AvgIpc) is 1.98. The van der Waals surface area contributed by atoms with Crippen LogP contribution >= 0.6 is 12.4 Å². The summed E-state index contributed by atoms with van der Waals surface area (Å²) in [6.07, 6.45) is 6.14. The molecule has 0 radical (unpaired) electrons. The topological polar surface area (TPSA) is 35.2 Å². The molecule has 2 saturated carbocycles. The van der Waals surface area contributed by atoms with Crippen molar-refractivity contribution in [3.05, 3.63) is 0 Å². The Hall–Kier alpha value is 0.210. The molecule has 4 aliphatic rings. The smallest absolute Gasteiger partial charge is 0.0585 e. The largest absolute Gasteiger partial charge is 0.375 e. The molecule has 2 aliphatic heterocycles.